The van der Waals surface area contributed by atoms with Gasteiger partial charge in [0.15, 0.2) is 0 Å². The Labute approximate surface area is 91.1 Å². The van der Waals surface area contributed by atoms with Gasteiger partial charge in [-0.1, -0.05) is 18.2 Å². The lowest BCUT2D eigenvalue weighted by molar-refractivity contribution is 0.201. The molecule has 4 nitrogen and oxygen atoms in total. The van der Waals surface area contributed by atoms with Crippen LogP contribution in [0.25, 0.3) is 0 Å². The molecule has 0 fully saturated rings. The van der Waals surface area contributed by atoms with Gasteiger partial charge in [0.05, 0.1) is 0 Å². The highest BCUT2D eigenvalue weighted by Gasteiger charge is 2.02. The summed E-state index contributed by atoms with van der Waals surface area (Å²) in [6.45, 7) is 0.356. The lowest BCUT2D eigenvalue weighted by atomic mass is 10.3. The normalized spacial score (nSPS) is 11.8. The zero-order valence-electron chi connectivity index (χ0n) is 8.43. The van der Waals surface area contributed by atoms with E-state index in [-0.39, 0.29) is 0 Å². The van der Waals surface area contributed by atoms with Crippen molar-refractivity contribution < 1.29 is 13.7 Å². The molecule has 0 radical (unpaired) electrons. The molecule has 1 rings (SSSR count). The van der Waals surface area contributed by atoms with Crippen molar-refractivity contribution >= 4 is 16.9 Å². The minimum absolute atomic E-state index is 0.356. The fourth-order valence-electron chi connectivity index (χ4n) is 0.928. The summed E-state index contributed by atoms with van der Waals surface area (Å²) < 4.78 is 15.6. The molecule has 1 amide bonds. The summed E-state index contributed by atoms with van der Waals surface area (Å²) in [6, 6.07) is 8.79. The molecule has 1 atom stereocenters. The number of ether oxygens (including phenoxy) is 1. The molecule has 1 aromatic rings. The number of carbonyl (C=O) groups excluding carboxylic acids is 1. The van der Waals surface area contributed by atoms with Gasteiger partial charge in [-0.15, -0.1) is 0 Å². The Morgan fingerprint density at radius 1 is 1.40 bits per heavy atom. The van der Waals surface area contributed by atoms with Crippen LogP contribution in [-0.4, -0.2) is 28.9 Å². The van der Waals surface area contributed by atoms with E-state index in [2.05, 4.69) is 5.32 Å². The highest BCUT2D eigenvalue weighted by Crippen LogP contribution is 2.07. The zero-order chi connectivity index (χ0) is 11.1. The predicted molar refractivity (Wildman–Crippen MR) is 59.4 cm³/mol. The summed E-state index contributed by atoms with van der Waals surface area (Å²) in [5, 5.41) is 2.51. The lowest BCUT2D eigenvalue weighted by Gasteiger charge is -2.05. The van der Waals surface area contributed by atoms with Gasteiger partial charge in [0.1, 0.15) is 5.75 Å². The molecule has 15 heavy (non-hydrogen) atoms. The maximum absolute atomic E-state index is 11.2. The molecule has 0 bridgehead atoms. The molecule has 0 aliphatic carbocycles. The van der Waals surface area contributed by atoms with Crippen LogP contribution >= 0.6 is 0 Å². The molecule has 0 saturated carbocycles. The summed E-state index contributed by atoms with van der Waals surface area (Å²) in [6.07, 6.45) is 1.07. The number of nitrogens with one attached hydrogen (secondary N) is 1. The highest BCUT2D eigenvalue weighted by atomic mass is 32.2. The molecule has 0 spiro atoms. The molecule has 1 N–H and O–H groups in total. The second-order valence-electron chi connectivity index (χ2n) is 2.91. The average molecular weight is 227 g/mol. The Hall–Kier alpha value is -1.36. The van der Waals surface area contributed by atoms with Gasteiger partial charge in [-0.05, 0) is 12.1 Å². The third-order valence-corrected chi connectivity index (χ3v) is 2.39. The molecule has 5 heteroatoms. The van der Waals surface area contributed by atoms with Crippen LogP contribution in [0.2, 0.25) is 0 Å². The van der Waals surface area contributed by atoms with Crippen LogP contribution in [0.3, 0.4) is 0 Å². The first-order valence-electron chi connectivity index (χ1n) is 4.49. The van der Waals surface area contributed by atoms with Crippen LogP contribution < -0.4 is 10.1 Å². The van der Waals surface area contributed by atoms with Crippen LogP contribution in [0.15, 0.2) is 30.3 Å². The largest absolute Gasteiger partial charge is 0.412 e. The van der Waals surface area contributed by atoms with E-state index < -0.39 is 16.9 Å². The zero-order valence-corrected chi connectivity index (χ0v) is 9.25. The van der Waals surface area contributed by atoms with Crippen LogP contribution in [0.1, 0.15) is 0 Å². The SMILES string of the molecule is CS(=O)CCNC(=O)Oc1ccccc1. The quantitative estimate of drug-likeness (QED) is 0.839. The maximum atomic E-state index is 11.2. The first kappa shape index (κ1) is 11.7. The molecular weight excluding hydrogens is 214 g/mol. The summed E-state index contributed by atoms with van der Waals surface area (Å²) in [5.41, 5.74) is 0. The predicted octanol–water partition coefficient (Wildman–Crippen LogP) is 1.15. The monoisotopic (exact) mass is 227 g/mol. The Morgan fingerprint density at radius 3 is 2.67 bits per heavy atom. The van der Waals surface area contributed by atoms with E-state index >= 15 is 0 Å². The van der Waals surface area contributed by atoms with Crippen molar-refractivity contribution in [3.05, 3.63) is 30.3 Å². The topological polar surface area (TPSA) is 55.4 Å². The molecule has 82 valence electrons. The molecule has 0 aliphatic heterocycles. The highest BCUT2D eigenvalue weighted by molar-refractivity contribution is 7.84. The van der Waals surface area contributed by atoms with Crippen LogP contribution in [0.4, 0.5) is 4.79 Å². The number of hydrogen-bond acceptors (Lipinski definition) is 3. The summed E-state index contributed by atoms with van der Waals surface area (Å²) >= 11 is 0. The minimum Gasteiger partial charge on any atom is -0.410 e. The first-order chi connectivity index (χ1) is 7.18. The van der Waals surface area contributed by atoms with Gasteiger partial charge >= 0.3 is 6.09 Å². The van der Waals surface area contributed by atoms with Crippen molar-refractivity contribution in [3.8, 4) is 5.75 Å². The van der Waals surface area contributed by atoms with E-state index in [0.717, 1.165) is 0 Å². The van der Waals surface area contributed by atoms with Crippen molar-refractivity contribution in [2.45, 2.75) is 0 Å². The van der Waals surface area contributed by atoms with Crippen molar-refractivity contribution in [2.24, 2.45) is 0 Å². The van der Waals surface area contributed by atoms with Gasteiger partial charge < -0.3 is 10.1 Å². The third-order valence-electron chi connectivity index (χ3n) is 1.61. The van der Waals surface area contributed by atoms with E-state index in [4.69, 9.17) is 4.74 Å². The summed E-state index contributed by atoms with van der Waals surface area (Å²) in [5.74, 6) is 0.928. The second-order valence-corrected chi connectivity index (χ2v) is 4.46. The van der Waals surface area contributed by atoms with E-state index in [1.54, 1.807) is 30.5 Å². The number of hydrogen-bond donors (Lipinski definition) is 1. The van der Waals surface area contributed by atoms with Gasteiger partial charge in [-0.3, -0.25) is 4.21 Å². The molecule has 0 heterocycles. The smallest absolute Gasteiger partial charge is 0.410 e. The number of amides is 1. The van der Waals surface area contributed by atoms with E-state index in [0.29, 0.717) is 18.0 Å². The van der Waals surface area contributed by atoms with Gasteiger partial charge in [0.25, 0.3) is 0 Å². The fourth-order valence-corrected chi connectivity index (χ4v) is 1.32. The third kappa shape index (κ3) is 5.17. The summed E-state index contributed by atoms with van der Waals surface area (Å²) in [7, 11) is -0.899. The number of para-hydroxylation sites is 1. The second kappa shape index (κ2) is 6.19. The first-order valence-corrected chi connectivity index (χ1v) is 6.22. The molecule has 0 aliphatic rings. The van der Waals surface area contributed by atoms with E-state index in [9.17, 15) is 9.00 Å². The lowest BCUT2D eigenvalue weighted by Crippen LogP contribution is -2.30. The van der Waals surface area contributed by atoms with Gasteiger partial charge in [0, 0.05) is 29.4 Å². The average Bonchev–Trinajstić information content (AvgIpc) is 2.18. The number of carbonyl (C=O) groups is 1. The molecule has 0 aromatic heterocycles. The van der Waals surface area contributed by atoms with Gasteiger partial charge in [-0.2, -0.15) is 0 Å². The summed E-state index contributed by atoms with van der Waals surface area (Å²) in [4.78, 5) is 11.2. The van der Waals surface area contributed by atoms with Gasteiger partial charge in [-0.25, -0.2) is 4.79 Å². The van der Waals surface area contributed by atoms with Crippen molar-refractivity contribution in [1.29, 1.82) is 0 Å². The number of rotatable bonds is 4. The van der Waals surface area contributed by atoms with Crippen LogP contribution in [0, 0.1) is 0 Å². The van der Waals surface area contributed by atoms with Crippen molar-refractivity contribution in [1.82, 2.24) is 5.32 Å². The Balaban J connectivity index is 2.28. The number of benzene rings is 1. The Morgan fingerprint density at radius 2 is 2.07 bits per heavy atom. The van der Waals surface area contributed by atoms with Crippen molar-refractivity contribution in [2.75, 3.05) is 18.6 Å². The van der Waals surface area contributed by atoms with Gasteiger partial charge in [0.2, 0.25) is 0 Å². The molecule has 0 saturated heterocycles. The van der Waals surface area contributed by atoms with Crippen LogP contribution in [-0.2, 0) is 10.8 Å². The molecular formula is C10H13NO3S. The maximum Gasteiger partial charge on any atom is 0.412 e. The molecule has 1 aromatic carbocycles. The fraction of sp³-hybridized carbons (Fsp3) is 0.300. The standard InChI is InChI=1S/C10H13NO3S/c1-15(13)8-7-11-10(12)14-9-5-3-2-4-6-9/h2-6H,7-8H2,1H3,(H,11,12). The Kier molecular flexibility index (Phi) is 4.83. The van der Waals surface area contributed by atoms with E-state index in [1.165, 1.54) is 0 Å². The molecule has 1 unspecified atom stereocenters. The minimum atomic E-state index is -0.899. The van der Waals surface area contributed by atoms with E-state index in [1.807, 2.05) is 6.07 Å². The van der Waals surface area contributed by atoms with Crippen LogP contribution in [0.5, 0.6) is 5.75 Å². The Bertz CT molecular complexity index is 340. The van der Waals surface area contributed by atoms with Crippen molar-refractivity contribution in [3.63, 3.8) is 0 Å².